The van der Waals surface area contributed by atoms with Crippen molar-refractivity contribution in [3.8, 4) is 0 Å². The van der Waals surface area contributed by atoms with Crippen molar-refractivity contribution in [1.29, 1.82) is 0 Å². The van der Waals surface area contributed by atoms with Gasteiger partial charge in [0.25, 0.3) is 0 Å². The van der Waals surface area contributed by atoms with Gasteiger partial charge in [0.15, 0.2) is 0 Å². The third-order valence-corrected chi connectivity index (χ3v) is 1.94. The van der Waals surface area contributed by atoms with Gasteiger partial charge in [0.2, 0.25) is 0 Å². The molecule has 82 valence electrons. The second-order valence-corrected chi connectivity index (χ2v) is 5.06. The Morgan fingerprint density at radius 1 is 1.29 bits per heavy atom. The average molecular weight is 218 g/mol. The second-order valence-electron chi connectivity index (χ2n) is 4.62. The zero-order valence-corrected chi connectivity index (χ0v) is 10.1. The molecule has 0 aliphatic carbocycles. The Hall–Kier alpha value is -0.840. The summed E-state index contributed by atoms with van der Waals surface area (Å²) in [5, 5.41) is 2.58. The van der Waals surface area contributed by atoms with Crippen LogP contribution in [0.2, 0.25) is 0 Å². The Bertz CT molecular complexity index is 244. The Kier molecular flexibility index (Phi) is 3.88. The van der Waals surface area contributed by atoms with E-state index >= 15 is 0 Å². The molecule has 0 fully saturated rings. The number of carbonyl (C=O) groups excluding carboxylic acids is 1. The molecule has 0 rings (SSSR count). The van der Waals surface area contributed by atoms with Crippen molar-refractivity contribution in [3.63, 3.8) is 0 Å². The van der Waals surface area contributed by atoms with E-state index in [2.05, 4.69) is 5.32 Å². The minimum Gasteiger partial charge on any atom is -0.444 e. The van der Waals surface area contributed by atoms with Crippen molar-refractivity contribution in [2.75, 3.05) is 0 Å². The maximum absolute atomic E-state index is 11.3. The fraction of sp³-hybridized carbons (Fsp3) is 0.778. The highest BCUT2D eigenvalue weighted by Crippen LogP contribution is 2.09. The number of nitrogens with one attached hydrogen (secondary N) is 1. The number of rotatable bonds is 2. The Balaban J connectivity index is 4.27. The van der Waals surface area contributed by atoms with E-state index in [1.807, 2.05) is 0 Å². The molecule has 14 heavy (non-hydrogen) atoms. The van der Waals surface area contributed by atoms with Crippen LogP contribution in [0.15, 0.2) is 0 Å². The van der Waals surface area contributed by atoms with Gasteiger partial charge in [-0.25, -0.2) is 4.79 Å². The maximum atomic E-state index is 11.3. The van der Waals surface area contributed by atoms with Crippen molar-refractivity contribution < 1.29 is 9.53 Å². The van der Waals surface area contributed by atoms with E-state index in [0.717, 1.165) is 0 Å². The van der Waals surface area contributed by atoms with Gasteiger partial charge >= 0.3 is 6.09 Å². The van der Waals surface area contributed by atoms with E-state index in [1.165, 1.54) is 0 Å². The summed E-state index contributed by atoms with van der Waals surface area (Å²) in [4.78, 5) is 11.6. The molecular weight excluding hydrogens is 200 g/mol. The summed E-state index contributed by atoms with van der Waals surface area (Å²) in [7, 11) is 0. The summed E-state index contributed by atoms with van der Waals surface area (Å²) < 4.78 is 5.06. The third-order valence-electron chi connectivity index (χ3n) is 1.43. The van der Waals surface area contributed by atoms with Crippen LogP contribution in [0.3, 0.4) is 0 Å². The lowest BCUT2D eigenvalue weighted by atomic mass is 10.1. The minimum absolute atomic E-state index is 0.225. The number of ether oxygens (including phenoxy) is 1. The van der Waals surface area contributed by atoms with Gasteiger partial charge in [-0.2, -0.15) is 0 Å². The third kappa shape index (κ3) is 5.01. The van der Waals surface area contributed by atoms with E-state index in [9.17, 15) is 4.79 Å². The lowest BCUT2D eigenvalue weighted by Crippen LogP contribution is -2.53. The van der Waals surface area contributed by atoms with E-state index in [-0.39, 0.29) is 4.99 Å². The topological polar surface area (TPSA) is 64.3 Å². The SMILES string of the molecule is CC(C)(C)OC(=O)NC(C)(C)C(N)=S. The number of thiocarbonyl (C=S) groups is 1. The standard InChI is InChI=1S/C9H18N2O2S/c1-8(2,3)13-7(12)11-9(4,5)6(10)14/h1-5H3,(H2,10,14)(H,11,12). The molecule has 0 unspecified atom stereocenters. The molecule has 1 amide bonds. The molecule has 0 spiro atoms. The molecule has 0 saturated carbocycles. The van der Waals surface area contributed by atoms with Gasteiger partial charge in [0, 0.05) is 0 Å². The van der Waals surface area contributed by atoms with Crippen LogP contribution in [0, 0.1) is 0 Å². The smallest absolute Gasteiger partial charge is 0.408 e. The summed E-state index contributed by atoms with van der Waals surface area (Å²) in [5.74, 6) is 0. The van der Waals surface area contributed by atoms with Crippen molar-refractivity contribution in [1.82, 2.24) is 5.32 Å². The van der Waals surface area contributed by atoms with Gasteiger partial charge in [0.05, 0.1) is 10.5 Å². The lowest BCUT2D eigenvalue weighted by molar-refractivity contribution is 0.0497. The fourth-order valence-electron chi connectivity index (χ4n) is 0.620. The zero-order valence-electron chi connectivity index (χ0n) is 9.30. The van der Waals surface area contributed by atoms with Crippen molar-refractivity contribution in [2.24, 2.45) is 5.73 Å². The van der Waals surface area contributed by atoms with Crippen molar-refractivity contribution >= 4 is 23.3 Å². The summed E-state index contributed by atoms with van der Waals surface area (Å²) in [5.41, 5.74) is 4.20. The molecule has 0 aromatic heterocycles. The highest BCUT2D eigenvalue weighted by Gasteiger charge is 2.26. The van der Waals surface area contributed by atoms with Crippen molar-refractivity contribution in [3.05, 3.63) is 0 Å². The predicted molar refractivity (Wildman–Crippen MR) is 60.2 cm³/mol. The normalized spacial score (nSPS) is 12.1. The average Bonchev–Trinajstić information content (AvgIpc) is 1.79. The number of alkyl carbamates (subject to hydrolysis) is 1. The van der Waals surface area contributed by atoms with Gasteiger partial charge < -0.3 is 15.8 Å². The number of hydrogen-bond donors (Lipinski definition) is 2. The minimum atomic E-state index is -0.725. The fourth-order valence-corrected chi connectivity index (χ4v) is 0.671. The van der Waals surface area contributed by atoms with Gasteiger partial charge in [-0.3, -0.25) is 0 Å². The second kappa shape index (κ2) is 4.13. The van der Waals surface area contributed by atoms with Crippen LogP contribution >= 0.6 is 12.2 Å². The van der Waals surface area contributed by atoms with Crippen LogP contribution in [-0.4, -0.2) is 22.2 Å². The summed E-state index contributed by atoms with van der Waals surface area (Å²) in [6.07, 6.45) is -0.518. The summed E-state index contributed by atoms with van der Waals surface area (Å²) in [6.45, 7) is 8.82. The number of nitrogens with two attached hydrogens (primary N) is 1. The highest BCUT2D eigenvalue weighted by molar-refractivity contribution is 7.80. The van der Waals surface area contributed by atoms with E-state index in [1.54, 1.807) is 34.6 Å². The Morgan fingerprint density at radius 3 is 2.00 bits per heavy atom. The highest BCUT2D eigenvalue weighted by atomic mass is 32.1. The quantitative estimate of drug-likeness (QED) is 0.691. The largest absolute Gasteiger partial charge is 0.444 e. The van der Waals surface area contributed by atoms with Gasteiger partial charge in [-0.15, -0.1) is 0 Å². The van der Waals surface area contributed by atoms with Gasteiger partial charge in [-0.05, 0) is 34.6 Å². The summed E-state index contributed by atoms with van der Waals surface area (Å²) >= 11 is 4.80. The molecule has 5 heteroatoms. The van der Waals surface area contributed by atoms with Gasteiger partial charge in [0.1, 0.15) is 5.60 Å². The predicted octanol–water partition coefficient (Wildman–Crippen LogP) is 1.58. The first kappa shape index (κ1) is 13.2. The van der Waals surface area contributed by atoms with Crippen LogP contribution in [0.4, 0.5) is 4.79 Å². The molecule has 4 nitrogen and oxygen atoms in total. The molecule has 0 atom stereocenters. The molecule has 0 bridgehead atoms. The van der Waals surface area contributed by atoms with Crippen LogP contribution in [0.5, 0.6) is 0 Å². The van der Waals surface area contributed by atoms with E-state index in [4.69, 9.17) is 22.7 Å². The van der Waals surface area contributed by atoms with Crippen LogP contribution < -0.4 is 11.1 Å². The van der Waals surface area contributed by atoms with Gasteiger partial charge in [-0.1, -0.05) is 12.2 Å². The lowest BCUT2D eigenvalue weighted by Gasteiger charge is -2.27. The molecule has 0 saturated heterocycles. The Labute approximate surface area is 90.2 Å². The number of hydrogen-bond acceptors (Lipinski definition) is 3. The van der Waals surface area contributed by atoms with Crippen LogP contribution in [-0.2, 0) is 4.74 Å². The zero-order chi connectivity index (χ0) is 11.6. The first-order valence-electron chi connectivity index (χ1n) is 4.36. The van der Waals surface area contributed by atoms with Crippen LogP contribution in [0.25, 0.3) is 0 Å². The molecule has 0 heterocycles. The first-order chi connectivity index (χ1) is 6.04. The molecule has 0 aromatic carbocycles. The van der Waals surface area contributed by atoms with E-state index in [0.29, 0.717) is 0 Å². The van der Waals surface area contributed by atoms with Crippen LogP contribution in [0.1, 0.15) is 34.6 Å². The molecule has 0 aliphatic heterocycles. The van der Waals surface area contributed by atoms with Crippen molar-refractivity contribution in [2.45, 2.75) is 45.8 Å². The molecule has 0 aliphatic rings. The molecule has 0 radical (unpaired) electrons. The Morgan fingerprint density at radius 2 is 1.71 bits per heavy atom. The maximum Gasteiger partial charge on any atom is 0.408 e. The molecular formula is C9H18N2O2S. The number of amides is 1. The molecule has 0 aromatic rings. The first-order valence-corrected chi connectivity index (χ1v) is 4.76. The monoisotopic (exact) mass is 218 g/mol. The van der Waals surface area contributed by atoms with E-state index < -0.39 is 17.2 Å². The molecule has 3 N–H and O–H groups in total. The number of carbonyl (C=O) groups is 1. The summed E-state index contributed by atoms with van der Waals surface area (Å²) in [6, 6.07) is 0.